The summed E-state index contributed by atoms with van der Waals surface area (Å²) in [5, 5.41) is 5.24. The molecule has 2 aromatic rings. The zero-order valence-corrected chi connectivity index (χ0v) is 14.2. The number of anilines is 1. The van der Waals surface area contributed by atoms with Gasteiger partial charge in [-0.3, -0.25) is 9.59 Å². The van der Waals surface area contributed by atoms with Gasteiger partial charge in [-0.25, -0.2) is 0 Å². The van der Waals surface area contributed by atoms with Crippen molar-refractivity contribution in [3.63, 3.8) is 0 Å². The fourth-order valence-corrected chi connectivity index (χ4v) is 2.54. The van der Waals surface area contributed by atoms with E-state index in [0.717, 1.165) is 22.4 Å². The predicted molar refractivity (Wildman–Crippen MR) is 94.3 cm³/mol. The van der Waals surface area contributed by atoms with Crippen molar-refractivity contribution in [2.45, 2.75) is 20.3 Å². The molecule has 2 rings (SSSR count). The minimum absolute atomic E-state index is 0.361. The van der Waals surface area contributed by atoms with Crippen LogP contribution in [0.5, 0.6) is 5.75 Å². The Labute approximate surface area is 142 Å². The maximum Gasteiger partial charge on any atom is 0.313 e. The molecule has 0 aromatic heterocycles. The molecule has 0 bridgehead atoms. The van der Waals surface area contributed by atoms with E-state index in [4.69, 9.17) is 4.74 Å². The zero-order chi connectivity index (χ0) is 17.5. The first-order valence-electron chi connectivity index (χ1n) is 7.79. The van der Waals surface area contributed by atoms with Gasteiger partial charge in [0, 0.05) is 12.2 Å². The normalized spacial score (nSPS) is 10.1. The van der Waals surface area contributed by atoms with Crippen molar-refractivity contribution >= 4 is 17.5 Å². The number of aryl methyl sites for hydroxylation is 2. The first-order valence-corrected chi connectivity index (χ1v) is 7.79. The highest BCUT2D eigenvalue weighted by molar-refractivity contribution is 6.39. The van der Waals surface area contributed by atoms with Gasteiger partial charge in [-0.2, -0.15) is 0 Å². The van der Waals surface area contributed by atoms with Gasteiger partial charge in [-0.05, 0) is 55.2 Å². The number of ether oxygens (including phenoxy) is 1. The second-order valence-corrected chi connectivity index (χ2v) is 5.65. The van der Waals surface area contributed by atoms with Crippen molar-refractivity contribution in [3.05, 3.63) is 59.2 Å². The van der Waals surface area contributed by atoms with E-state index in [-0.39, 0.29) is 0 Å². The van der Waals surface area contributed by atoms with Crippen LogP contribution in [-0.2, 0) is 16.0 Å². The molecule has 2 N–H and O–H groups in total. The standard InChI is InChI=1S/C19H22N2O3/c1-13-10-14(2)12-16(11-13)21-19(23)18(22)20-9-8-15-6-4-5-7-17(15)24-3/h4-7,10-12H,8-9H2,1-3H3,(H,20,22)(H,21,23). The van der Waals surface area contributed by atoms with Crippen LogP contribution in [0.3, 0.4) is 0 Å². The van der Waals surface area contributed by atoms with Crippen LogP contribution in [0, 0.1) is 13.8 Å². The number of para-hydroxylation sites is 1. The van der Waals surface area contributed by atoms with Crippen LogP contribution in [0.2, 0.25) is 0 Å². The first kappa shape index (κ1) is 17.5. The minimum atomic E-state index is -0.667. The third-order valence-electron chi connectivity index (χ3n) is 3.56. The van der Waals surface area contributed by atoms with Crippen LogP contribution in [0.1, 0.15) is 16.7 Å². The molecule has 24 heavy (non-hydrogen) atoms. The summed E-state index contributed by atoms with van der Waals surface area (Å²) in [4.78, 5) is 23.9. The van der Waals surface area contributed by atoms with E-state index < -0.39 is 11.8 Å². The third-order valence-corrected chi connectivity index (χ3v) is 3.56. The molecule has 5 nitrogen and oxygen atoms in total. The smallest absolute Gasteiger partial charge is 0.313 e. The first-order chi connectivity index (χ1) is 11.5. The highest BCUT2D eigenvalue weighted by Crippen LogP contribution is 2.17. The number of methoxy groups -OCH3 is 1. The molecule has 0 saturated heterocycles. The van der Waals surface area contributed by atoms with Crippen molar-refractivity contribution < 1.29 is 14.3 Å². The third kappa shape index (κ3) is 4.84. The summed E-state index contributed by atoms with van der Waals surface area (Å²) in [5.74, 6) is -0.546. The lowest BCUT2D eigenvalue weighted by Crippen LogP contribution is -2.36. The quantitative estimate of drug-likeness (QED) is 0.830. The maximum absolute atomic E-state index is 12.0. The van der Waals surface area contributed by atoms with Gasteiger partial charge in [0.2, 0.25) is 0 Å². The summed E-state index contributed by atoms with van der Waals surface area (Å²) in [6, 6.07) is 13.2. The minimum Gasteiger partial charge on any atom is -0.496 e. The van der Waals surface area contributed by atoms with Crippen LogP contribution in [0.15, 0.2) is 42.5 Å². The van der Waals surface area contributed by atoms with E-state index in [1.54, 1.807) is 7.11 Å². The van der Waals surface area contributed by atoms with Crippen molar-refractivity contribution in [1.82, 2.24) is 5.32 Å². The highest BCUT2D eigenvalue weighted by Gasteiger charge is 2.13. The number of hydrogen-bond acceptors (Lipinski definition) is 3. The summed E-state index contributed by atoms with van der Waals surface area (Å²) in [6.07, 6.45) is 0.590. The molecule has 2 amide bonds. The molecule has 0 spiro atoms. The number of rotatable bonds is 5. The van der Waals surface area contributed by atoms with Gasteiger partial charge in [-0.1, -0.05) is 24.3 Å². The average Bonchev–Trinajstić information content (AvgIpc) is 2.54. The van der Waals surface area contributed by atoms with Gasteiger partial charge >= 0.3 is 11.8 Å². The van der Waals surface area contributed by atoms with E-state index >= 15 is 0 Å². The van der Waals surface area contributed by atoms with Crippen LogP contribution in [0.25, 0.3) is 0 Å². The average molecular weight is 326 g/mol. The summed E-state index contributed by atoms with van der Waals surface area (Å²) < 4.78 is 5.26. The Bertz CT molecular complexity index is 721. The van der Waals surface area contributed by atoms with Gasteiger partial charge in [0.05, 0.1) is 7.11 Å². The van der Waals surface area contributed by atoms with E-state index in [1.807, 2.05) is 56.3 Å². The van der Waals surface area contributed by atoms with Crippen molar-refractivity contribution in [3.8, 4) is 5.75 Å². The van der Waals surface area contributed by atoms with E-state index in [1.165, 1.54) is 0 Å². The van der Waals surface area contributed by atoms with Crippen molar-refractivity contribution in [1.29, 1.82) is 0 Å². The largest absolute Gasteiger partial charge is 0.496 e. The molecule has 5 heteroatoms. The number of nitrogens with one attached hydrogen (secondary N) is 2. The molecule has 0 saturated carbocycles. The molecule has 126 valence electrons. The molecule has 0 atom stereocenters. The fraction of sp³-hybridized carbons (Fsp3) is 0.263. The van der Waals surface area contributed by atoms with Gasteiger partial charge in [0.1, 0.15) is 5.75 Å². The van der Waals surface area contributed by atoms with Crippen molar-refractivity contribution in [2.24, 2.45) is 0 Å². The summed E-state index contributed by atoms with van der Waals surface area (Å²) in [6.45, 7) is 4.24. The molecule has 0 radical (unpaired) electrons. The number of carbonyl (C=O) groups excluding carboxylic acids is 2. The van der Waals surface area contributed by atoms with Gasteiger partial charge in [0.15, 0.2) is 0 Å². The highest BCUT2D eigenvalue weighted by atomic mass is 16.5. The Morgan fingerprint density at radius 2 is 1.67 bits per heavy atom. The summed E-state index contributed by atoms with van der Waals surface area (Å²) in [5.41, 5.74) is 3.66. The van der Waals surface area contributed by atoms with Crippen LogP contribution >= 0.6 is 0 Å². The Morgan fingerprint density at radius 3 is 2.33 bits per heavy atom. The molecule has 0 unspecified atom stereocenters. The second-order valence-electron chi connectivity index (χ2n) is 5.65. The molecule has 0 heterocycles. The predicted octanol–water partition coefficient (Wildman–Crippen LogP) is 2.61. The summed E-state index contributed by atoms with van der Waals surface area (Å²) >= 11 is 0. The Hall–Kier alpha value is -2.82. The molecular formula is C19H22N2O3. The lowest BCUT2D eigenvalue weighted by Gasteiger charge is -2.10. The van der Waals surface area contributed by atoms with Gasteiger partial charge in [-0.15, -0.1) is 0 Å². The second kappa shape index (κ2) is 8.15. The van der Waals surface area contributed by atoms with Gasteiger partial charge < -0.3 is 15.4 Å². The molecule has 0 fully saturated rings. The zero-order valence-electron chi connectivity index (χ0n) is 14.2. The topological polar surface area (TPSA) is 67.4 Å². The molecule has 0 aliphatic heterocycles. The molecule has 0 aliphatic carbocycles. The number of carbonyl (C=O) groups is 2. The Balaban J connectivity index is 1.86. The SMILES string of the molecule is COc1ccccc1CCNC(=O)C(=O)Nc1cc(C)cc(C)c1. The lowest BCUT2D eigenvalue weighted by molar-refractivity contribution is -0.136. The number of hydrogen-bond donors (Lipinski definition) is 2. The maximum atomic E-state index is 12.0. The van der Waals surface area contributed by atoms with Crippen LogP contribution < -0.4 is 15.4 Å². The van der Waals surface area contributed by atoms with E-state index in [9.17, 15) is 9.59 Å². The monoisotopic (exact) mass is 326 g/mol. The van der Waals surface area contributed by atoms with E-state index in [0.29, 0.717) is 18.7 Å². The van der Waals surface area contributed by atoms with Crippen LogP contribution in [0.4, 0.5) is 5.69 Å². The molecule has 2 aromatic carbocycles. The van der Waals surface area contributed by atoms with Gasteiger partial charge in [0.25, 0.3) is 0 Å². The lowest BCUT2D eigenvalue weighted by atomic mass is 10.1. The number of amides is 2. The Kier molecular flexibility index (Phi) is 5.95. The Morgan fingerprint density at radius 1 is 1.00 bits per heavy atom. The molecular weight excluding hydrogens is 304 g/mol. The van der Waals surface area contributed by atoms with Crippen LogP contribution in [-0.4, -0.2) is 25.5 Å². The molecule has 0 aliphatic rings. The number of benzene rings is 2. The summed E-state index contributed by atoms with van der Waals surface area (Å²) in [7, 11) is 1.61. The van der Waals surface area contributed by atoms with E-state index in [2.05, 4.69) is 10.6 Å². The van der Waals surface area contributed by atoms with Crippen molar-refractivity contribution in [2.75, 3.05) is 19.0 Å². The fourth-order valence-electron chi connectivity index (χ4n) is 2.54.